The van der Waals surface area contributed by atoms with Gasteiger partial charge in [0.15, 0.2) is 0 Å². The topological polar surface area (TPSA) is 106 Å². The number of nitrogens with zero attached hydrogens (tertiary/aromatic N) is 4. The highest BCUT2D eigenvalue weighted by Crippen LogP contribution is 2.46. The van der Waals surface area contributed by atoms with E-state index in [0.717, 1.165) is 70.5 Å². The number of nitrogens with one attached hydrogen (secondary N) is 2. The zero-order valence-corrected chi connectivity index (χ0v) is 22.3. The number of hydrogen-bond donors (Lipinski definition) is 3. The number of H-pyrrole nitrogens is 1. The number of aromatic carboxylic acids is 1. The number of rotatable bonds is 4. The first-order valence-electron chi connectivity index (χ1n) is 13.0. The van der Waals surface area contributed by atoms with E-state index < -0.39 is 11.5 Å². The van der Waals surface area contributed by atoms with Crippen LogP contribution in [0.4, 0.5) is 11.4 Å². The van der Waals surface area contributed by atoms with Crippen molar-refractivity contribution < 1.29 is 9.90 Å². The molecule has 0 amide bonds. The van der Waals surface area contributed by atoms with E-state index in [4.69, 9.17) is 16.6 Å². The van der Waals surface area contributed by atoms with Crippen LogP contribution in [0.25, 0.3) is 38.6 Å². The van der Waals surface area contributed by atoms with Crippen molar-refractivity contribution in [3.8, 4) is 11.1 Å². The molecule has 7 rings (SSSR count). The molecule has 0 aliphatic carbocycles. The lowest BCUT2D eigenvalue weighted by molar-refractivity contribution is 0.0694. The van der Waals surface area contributed by atoms with Crippen LogP contribution in [-0.2, 0) is 0 Å². The molecule has 2 saturated heterocycles. The van der Waals surface area contributed by atoms with E-state index in [1.807, 2.05) is 37.5 Å². The van der Waals surface area contributed by atoms with Crippen LogP contribution in [0.1, 0.15) is 16.8 Å². The minimum absolute atomic E-state index is 0.263. The van der Waals surface area contributed by atoms with Gasteiger partial charge >= 0.3 is 5.97 Å². The van der Waals surface area contributed by atoms with Crippen LogP contribution < -0.4 is 15.8 Å². The van der Waals surface area contributed by atoms with Gasteiger partial charge in [-0.25, -0.2) is 9.78 Å². The summed E-state index contributed by atoms with van der Waals surface area (Å²) in [6.45, 7) is 2.95. The standard InChI is InChI=1S/C29H27ClN6O3/c1-31-22-10-17(30)9-20-24-26(35-8-7-16-12-34(2)14-23(16)35)21(11-32-27(24)33-25(20)22)15-3-4-18-5-6-19(29(38)39)28(37)36(18)13-15/h3-6,9-11,13,16,23,31H,7-8,12,14H2,1-2H3,(H,32,33)(H,38,39)/t16-,23+/m0/s1. The Morgan fingerprint density at radius 2 is 2.03 bits per heavy atom. The molecule has 2 fully saturated rings. The molecule has 39 heavy (non-hydrogen) atoms. The third kappa shape index (κ3) is 3.60. The number of hydrogen-bond acceptors (Lipinski definition) is 6. The Morgan fingerprint density at radius 1 is 1.21 bits per heavy atom. The number of fused-ring (bicyclic) bond motifs is 5. The number of carboxylic acids is 1. The summed E-state index contributed by atoms with van der Waals surface area (Å²) in [7, 11) is 4.04. The van der Waals surface area contributed by atoms with Crippen LogP contribution in [0.15, 0.2) is 53.6 Å². The van der Waals surface area contributed by atoms with Crippen molar-refractivity contribution in [2.45, 2.75) is 12.5 Å². The molecule has 2 aliphatic heterocycles. The maximum absolute atomic E-state index is 13.1. The maximum atomic E-state index is 13.1. The fourth-order valence-electron chi connectivity index (χ4n) is 6.58. The molecule has 1 aromatic carbocycles. The van der Waals surface area contributed by atoms with Gasteiger partial charge in [0.05, 0.1) is 22.3 Å². The van der Waals surface area contributed by atoms with Crippen molar-refractivity contribution in [2.75, 3.05) is 43.9 Å². The summed E-state index contributed by atoms with van der Waals surface area (Å²) < 4.78 is 1.41. The lowest BCUT2D eigenvalue weighted by Crippen LogP contribution is -2.35. The number of pyridine rings is 3. The van der Waals surface area contributed by atoms with Gasteiger partial charge in [0.25, 0.3) is 5.56 Å². The molecule has 0 unspecified atom stereocenters. The molecule has 0 spiro atoms. The monoisotopic (exact) mass is 542 g/mol. The highest BCUT2D eigenvalue weighted by molar-refractivity contribution is 6.33. The van der Waals surface area contributed by atoms with Crippen molar-refractivity contribution in [3.05, 3.63) is 69.7 Å². The number of aromatic nitrogens is 3. The average molecular weight is 543 g/mol. The third-order valence-corrected chi connectivity index (χ3v) is 8.56. The Labute approximate surface area is 228 Å². The molecule has 2 aliphatic rings. The fourth-order valence-corrected chi connectivity index (χ4v) is 6.80. The van der Waals surface area contributed by atoms with Crippen LogP contribution >= 0.6 is 11.6 Å². The van der Waals surface area contributed by atoms with Crippen molar-refractivity contribution >= 4 is 56.4 Å². The molecular weight excluding hydrogens is 516 g/mol. The first-order chi connectivity index (χ1) is 18.8. The number of benzene rings is 1. The molecule has 6 heterocycles. The van der Waals surface area contributed by atoms with Crippen LogP contribution in [0.3, 0.4) is 0 Å². The third-order valence-electron chi connectivity index (χ3n) is 8.35. The zero-order chi connectivity index (χ0) is 27.0. The number of likely N-dealkylation sites (tertiary alicyclic amines) is 1. The Bertz CT molecular complexity index is 1880. The minimum Gasteiger partial charge on any atom is -0.477 e. The maximum Gasteiger partial charge on any atom is 0.341 e. The van der Waals surface area contributed by atoms with Gasteiger partial charge < -0.3 is 25.2 Å². The number of anilines is 2. The van der Waals surface area contributed by atoms with Gasteiger partial charge in [-0.3, -0.25) is 9.20 Å². The molecule has 4 aromatic heterocycles. The first kappa shape index (κ1) is 24.0. The molecule has 3 N–H and O–H groups in total. The van der Waals surface area contributed by atoms with Gasteiger partial charge in [0, 0.05) is 72.2 Å². The molecule has 0 radical (unpaired) electrons. The van der Waals surface area contributed by atoms with Gasteiger partial charge in [-0.1, -0.05) is 17.7 Å². The van der Waals surface area contributed by atoms with Crippen LogP contribution in [0.2, 0.25) is 5.02 Å². The van der Waals surface area contributed by atoms with Crippen LogP contribution in [0.5, 0.6) is 0 Å². The molecule has 2 atom stereocenters. The predicted octanol–water partition coefficient (Wildman–Crippen LogP) is 4.53. The van der Waals surface area contributed by atoms with Crippen molar-refractivity contribution in [2.24, 2.45) is 5.92 Å². The van der Waals surface area contributed by atoms with Crippen molar-refractivity contribution in [1.29, 1.82) is 0 Å². The highest BCUT2D eigenvalue weighted by atomic mass is 35.5. The first-order valence-corrected chi connectivity index (χ1v) is 13.4. The van der Waals surface area contributed by atoms with Gasteiger partial charge in [0.1, 0.15) is 11.2 Å². The summed E-state index contributed by atoms with van der Waals surface area (Å²) in [5.41, 5.74) is 5.12. The van der Waals surface area contributed by atoms with E-state index in [9.17, 15) is 14.7 Å². The Morgan fingerprint density at radius 3 is 2.82 bits per heavy atom. The molecule has 0 bridgehead atoms. The second kappa shape index (κ2) is 8.72. The van der Waals surface area contributed by atoms with Crippen LogP contribution in [-0.4, -0.2) is 70.1 Å². The number of halogens is 1. The summed E-state index contributed by atoms with van der Waals surface area (Å²) in [5.74, 6) is -0.668. The Hall–Kier alpha value is -4.08. The van der Waals surface area contributed by atoms with Crippen molar-refractivity contribution in [3.63, 3.8) is 0 Å². The van der Waals surface area contributed by atoms with E-state index >= 15 is 0 Å². The summed E-state index contributed by atoms with van der Waals surface area (Å²) in [4.78, 5) is 37.9. The van der Waals surface area contributed by atoms with Crippen LogP contribution in [0, 0.1) is 5.92 Å². The molecule has 5 aromatic rings. The largest absolute Gasteiger partial charge is 0.477 e. The molecular formula is C29H27ClN6O3. The van der Waals surface area contributed by atoms with E-state index in [0.29, 0.717) is 22.5 Å². The number of carboxylic acid groups (broad SMARTS) is 1. The van der Waals surface area contributed by atoms with Gasteiger partial charge in [-0.05, 0) is 49.7 Å². The summed E-state index contributed by atoms with van der Waals surface area (Å²) in [6, 6.07) is 11.0. The SMILES string of the molecule is CNc1cc(Cl)cc2c1[nH]c1ncc(-c3ccc4ccc(C(=O)O)c(=O)n4c3)c(N3CC[C@H]4CN(C)C[C@H]43)c12. The smallest absolute Gasteiger partial charge is 0.341 e. The Balaban J connectivity index is 1.54. The normalized spacial score (nSPS) is 19.4. The minimum atomic E-state index is -1.24. The highest BCUT2D eigenvalue weighted by Gasteiger charge is 2.41. The quantitative estimate of drug-likeness (QED) is 0.306. The summed E-state index contributed by atoms with van der Waals surface area (Å²) in [6.07, 6.45) is 4.68. The Kier molecular flexibility index (Phi) is 5.37. The van der Waals surface area contributed by atoms with Gasteiger partial charge in [-0.15, -0.1) is 0 Å². The predicted molar refractivity (Wildman–Crippen MR) is 155 cm³/mol. The van der Waals surface area contributed by atoms with E-state index in [-0.39, 0.29) is 5.56 Å². The summed E-state index contributed by atoms with van der Waals surface area (Å²) in [5, 5.41) is 15.4. The number of aromatic amines is 1. The molecule has 10 heteroatoms. The fraction of sp³-hybridized carbons (Fsp3) is 0.276. The number of carbonyl (C=O) groups is 1. The number of likely N-dealkylation sites (N-methyl/N-ethyl adjacent to an activating group) is 1. The van der Waals surface area contributed by atoms with E-state index in [2.05, 4.69) is 27.1 Å². The molecule has 9 nitrogen and oxygen atoms in total. The molecule has 198 valence electrons. The van der Waals surface area contributed by atoms with E-state index in [1.54, 1.807) is 12.3 Å². The second-order valence-electron chi connectivity index (χ2n) is 10.6. The lowest BCUT2D eigenvalue weighted by Gasteiger charge is -2.29. The molecule has 0 saturated carbocycles. The van der Waals surface area contributed by atoms with Gasteiger partial charge in [0.2, 0.25) is 0 Å². The van der Waals surface area contributed by atoms with Gasteiger partial charge in [-0.2, -0.15) is 0 Å². The lowest BCUT2D eigenvalue weighted by atomic mass is 10.0. The van der Waals surface area contributed by atoms with Crippen molar-refractivity contribution in [1.82, 2.24) is 19.3 Å². The summed E-state index contributed by atoms with van der Waals surface area (Å²) >= 11 is 6.58. The van der Waals surface area contributed by atoms with E-state index in [1.165, 1.54) is 10.5 Å². The average Bonchev–Trinajstić information content (AvgIpc) is 3.59. The zero-order valence-electron chi connectivity index (χ0n) is 21.5. The second-order valence-corrected chi connectivity index (χ2v) is 11.0.